The number of rotatable bonds is 0. The molecule has 46 valence electrons. The Hall–Kier alpha value is -0.260. The Bertz CT molecular complexity index is 6.49. The third-order valence-electron chi connectivity index (χ3n) is 0. The van der Waals surface area contributed by atoms with Crippen LogP contribution in [0.15, 0.2) is 13.2 Å². The highest BCUT2D eigenvalue weighted by Crippen LogP contribution is 1.14. The molecule has 0 saturated carbocycles. The molecule has 0 N–H and O–H groups in total. The highest BCUT2D eigenvalue weighted by atomic mass is 13.0. The van der Waals surface area contributed by atoms with Crippen LogP contribution >= 0.6 is 0 Å². The molecule has 0 spiro atoms. The summed E-state index contributed by atoms with van der Waals surface area (Å²) in [5, 5.41) is 0. The summed E-state index contributed by atoms with van der Waals surface area (Å²) < 4.78 is 0. The van der Waals surface area contributed by atoms with Gasteiger partial charge >= 0.3 is 0 Å². The van der Waals surface area contributed by atoms with Crippen LogP contribution in [-0.4, -0.2) is 0 Å². The summed E-state index contributed by atoms with van der Waals surface area (Å²) in [6.45, 7) is 10.0. The van der Waals surface area contributed by atoms with Crippen molar-refractivity contribution in [2.45, 2.75) is 28.7 Å². The zero-order valence-electron chi connectivity index (χ0n) is 3.41. The predicted octanol–water partition coefficient (Wildman–Crippen LogP) is 3.59. The molecule has 0 unspecified atom stereocenters. The molecule has 6 heavy (non-hydrogen) atoms. The Labute approximate surface area is 45.9 Å². The van der Waals surface area contributed by atoms with Crippen LogP contribution in [0.2, 0.25) is 0 Å². The highest BCUT2D eigenvalue weighted by Gasteiger charge is 0.932. The van der Waals surface area contributed by atoms with Crippen molar-refractivity contribution in [2.24, 2.45) is 0 Å². The maximum absolute atomic E-state index is 3.00. The van der Waals surface area contributed by atoms with Gasteiger partial charge in [-0.15, -0.1) is 13.2 Å². The van der Waals surface area contributed by atoms with Gasteiger partial charge in [-0.1, -0.05) is 28.7 Å². The van der Waals surface area contributed by atoms with Gasteiger partial charge in [0.2, 0.25) is 0 Å². The predicted molar refractivity (Wildman–Crippen MR) is 40.3 cm³/mol. The van der Waals surface area contributed by atoms with E-state index in [0.29, 0.717) is 0 Å². The maximum Gasteiger partial charge on any atom is 0 e. The second-order valence-corrected chi connectivity index (χ2v) is 0. The SMILES string of the molecule is C.C.C=C.CC.[3HH].[3HH]. The van der Waals surface area contributed by atoms with E-state index in [-0.39, 0.29) is 17.7 Å². The maximum atomic E-state index is 3.00. The molecule has 0 rings (SSSR count). The first kappa shape index (κ1) is 42.6. The zero-order valence-corrected chi connectivity index (χ0v) is 3.41. The molecular weight excluding hydrogens is 72.1 g/mol. The second-order valence-electron chi connectivity index (χ2n) is 0. The largest absolute Gasteiger partial charge is 0.106 e. The molecular formula is C6H22. The van der Waals surface area contributed by atoms with Gasteiger partial charge in [-0.3, -0.25) is 0 Å². The fourth-order valence-electron chi connectivity index (χ4n) is 0. The minimum Gasteiger partial charge on any atom is -0.106 e. The van der Waals surface area contributed by atoms with Crippen LogP contribution in [0.25, 0.3) is 0 Å². The van der Waals surface area contributed by atoms with E-state index in [0.717, 1.165) is 0 Å². The lowest BCUT2D eigenvalue weighted by molar-refractivity contribution is 1.50. The topological polar surface area (TPSA) is 0 Å². The van der Waals surface area contributed by atoms with Gasteiger partial charge < -0.3 is 0 Å². The van der Waals surface area contributed by atoms with Gasteiger partial charge in [-0.05, 0) is 0 Å². The average molecular weight is 98.3 g/mol. The molecule has 0 bridgehead atoms. The van der Waals surface area contributed by atoms with Crippen molar-refractivity contribution >= 4 is 0 Å². The molecule has 0 heteroatoms. The smallest absolute Gasteiger partial charge is 0 e. The molecule has 0 fully saturated rings. The van der Waals surface area contributed by atoms with E-state index in [1.807, 2.05) is 13.8 Å². The van der Waals surface area contributed by atoms with Crippen LogP contribution in [0, 0.1) is 0 Å². The first-order valence-corrected chi connectivity index (χ1v) is 1.50. The lowest BCUT2D eigenvalue weighted by Crippen LogP contribution is -0.856. The van der Waals surface area contributed by atoms with Gasteiger partial charge in [0.05, 0.1) is 0 Å². The summed E-state index contributed by atoms with van der Waals surface area (Å²) in [6.07, 6.45) is 0. The quantitative estimate of drug-likeness (QED) is 0.406. The fourth-order valence-corrected chi connectivity index (χ4v) is 0. The minimum atomic E-state index is 0. The minimum absolute atomic E-state index is 0. The molecule has 0 aliphatic carbocycles. The lowest BCUT2D eigenvalue weighted by atomic mass is 11.0. The van der Waals surface area contributed by atoms with Crippen LogP contribution in [0.1, 0.15) is 31.6 Å². The standard InChI is InChI=1S/C2H6.C2H4.2CH4.2H2/c2*1-2;;;;/h1-2H3;1-2H2;2*1H4;2*1H/i;;;;2*1+2. The zero-order chi connectivity index (χ0) is 4.00. The van der Waals surface area contributed by atoms with Gasteiger partial charge in [0.1, 0.15) is 0 Å². The highest BCUT2D eigenvalue weighted by molar-refractivity contribution is 4.22. The Kier molecular flexibility index (Phi) is 6960. The van der Waals surface area contributed by atoms with E-state index in [2.05, 4.69) is 13.2 Å². The molecule has 0 aliphatic rings. The molecule has 0 aromatic carbocycles. The normalized spacial score (nSPS) is 1.67. The third-order valence-corrected chi connectivity index (χ3v) is 0. The average Bonchev–Trinajstić information content (AvgIpc) is 1.50. The monoisotopic (exact) mass is 98.2 g/mol. The van der Waals surface area contributed by atoms with Crippen LogP contribution in [-0.2, 0) is 0 Å². The van der Waals surface area contributed by atoms with Crippen molar-refractivity contribution in [3.8, 4) is 0 Å². The summed E-state index contributed by atoms with van der Waals surface area (Å²) in [7, 11) is 0. The van der Waals surface area contributed by atoms with Crippen molar-refractivity contribution in [1.82, 2.24) is 0 Å². The van der Waals surface area contributed by atoms with E-state index in [9.17, 15) is 0 Å². The molecule has 0 atom stereocenters. The first-order chi connectivity index (χ1) is 2.00. The van der Waals surface area contributed by atoms with Gasteiger partial charge in [0, 0.05) is 2.85 Å². The third kappa shape index (κ3) is 415. The van der Waals surface area contributed by atoms with Crippen molar-refractivity contribution < 1.29 is 2.85 Å². The van der Waals surface area contributed by atoms with Crippen molar-refractivity contribution in [3.05, 3.63) is 13.2 Å². The molecule has 0 aromatic rings. The summed E-state index contributed by atoms with van der Waals surface area (Å²) in [4.78, 5) is 0. The lowest BCUT2D eigenvalue weighted by Gasteiger charge is -1.07. The fraction of sp³-hybridized carbons (Fsp3) is 0.667. The first-order valence-electron chi connectivity index (χ1n) is 1.50. The van der Waals surface area contributed by atoms with Crippen molar-refractivity contribution in [2.75, 3.05) is 0 Å². The van der Waals surface area contributed by atoms with E-state index in [1.165, 1.54) is 0 Å². The summed E-state index contributed by atoms with van der Waals surface area (Å²) in [5.41, 5.74) is 0. The Morgan fingerprint density at radius 2 is 1.00 bits per heavy atom. The molecule has 0 aliphatic heterocycles. The summed E-state index contributed by atoms with van der Waals surface area (Å²) in [5.74, 6) is 0. The van der Waals surface area contributed by atoms with Gasteiger partial charge in [0.25, 0.3) is 0 Å². The van der Waals surface area contributed by atoms with Crippen LogP contribution < -0.4 is 0 Å². The van der Waals surface area contributed by atoms with Crippen LogP contribution in [0.5, 0.6) is 0 Å². The Morgan fingerprint density at radius 3 is 1.00 bits per heavy atom. The van der Waals surface area contributed by atoms with Crippen molar-refractivity contribution in [1.29, 1.82) is 0 Å². The van der Waals surface area contributed by atoms with Gasteiger partial charge in [0.15, 0.2) is 0 Å². The summed E-state index contributed by atoms with van der Waals surface area (Å²) in [6, 6.07) is 0. The summed E-state index contributed by atoms with van der Waals surface area (Å²) >= 11 is 0. The van der Waals surface area contributed by atoms with Gasteiger partial charge in [-0.2, -0.15) is 0 Å². The molecule has 0 saturated heterocycles. The van der Waals surface area contributed by atoms with Crippen LogP contribution in [0.3, 0.4) is 0 Å². The Morgan fingerprint density at radius 1 is 1.00 bits per heavy atom. The van der Waals surface area contributed by atoms with Crippen LogP contribution in [0.4, 0.5) is 0 Å². The molecule has 0 radical (unpaired) electrons. The molecule has 0 heterocycles. The molecule has 0 aromatic heterocycles. The molecule has 0 amide bonds. The molecule has 0 nitrogen and oxygen atoms in total. The second kappa shape index (κ2) is 981. The van der Waals surface area contributed by atoms with E-state index in [1.54, 1.807) is 0 Å². The van der Waals surface area contributed by atoms with E-state index >= 15 is 0 Å². The number of hydrogen-bond acceptors (Lipinski definition) is 0. The number of hydrogen-bond donors (Lipinski definition) is 0. The van der Waals surface area contributed by atoms with Crippen molar-refractivity contribution in [3.63, 3.8) is 0 Å². The van der Waals surface area contributed by atoms with Gasteiger partial charge in [-0.25, -0.2) is 0 Å². The Balaban J connectivity index is -0.00000000167. The van der Waals surface area contributed by atoms with E-state index in [4.69, 9.17) is 0 Å². The van der Waals surface area contributed by atoms with E-state index < -0.39 is 0 Å².